The summed E-state index contributed by atoms with van der Waals surface area (Å²) in [5.74, 6) is 0.116. The highest BCUT2D eigenvalue weighted by molar-refractivity contribution is 5.80. The predicted molar refractivity (Wildman–Crippen MR) is 87.1 cm³/mol. The molecular formula is C18H17F2NO4. The lowest BCUT2D eigenvalue weighted by molar-refractivity contribution is -0.123. The fraction of sp³-hybridized carbons (Fsp3) is 0.222. The van der Waals surface area contributed by atoms with Crippen molar-refractivity contribution in [3.8, 4) is 11.5 Å². The molecule has 0 aliphatic rings. The van der Waals surface area contributed by atoms with Crippen LogP contribution in [0.3, 0.4) is 0 Å². The van der Waals surface area contributed by atoms with E-state index in [0.717, 1.165) is 5.56 Å². The standard InChI is InChI=1S/C18H17F2NO4/c19-18(20)25-15-7-5-13(6-8-15)9-10-21-17(23)12-24-16-4-2-1-3-14(16)11-22/h1-8,11,18H,9-10,12H2,(H,21,23). The molecule has 2 rings (SSSR count). The Kier molecular flexibility index (Phi) is 6.88. The van der Waals surface area contributed by atoms with E-state index in [0.29, 0.717) is 30.6 Å². The topological polar surface area (TPSA) is 64.6 Å². The van der Waals surface area contributed by atoms with Crippen molar-refractivity contribution in [1.29, 1.82) is 0 Å². The second kappa shape index (κ2) is 9.36. The summed E-state index contributed by atoms with van der Waals surface area (Å²) < 4.78 is 33.7. The number of benzene rings is 2. The maximum Gasteiger partial charge on any atom is 0.387 e. The molecule has 25 heavy (non-hydrogen) atoms. The molecule has 2 aromatic rings. The SMILES string of the molecule is O=Cc1ccccc1OCC(=O)NCCc1ccc(OC(F)F)cc1. The third-order valence-corrected chi connectivity index (χ3v) is 3.29. The van der Waals surface area contributed by atoms with Gasteiger partial charge in [0.15, 0.2) is 12.9 Å². The van der Waals surface area contributed by atoms with Crippen molar-refractivity contribution in [3.05, 3.63) is 59.7 Å². The molecule has 0 aliphatic carbocycles. The van der Waals surface area contributed by atoms with Gasteiger partial charge in [-0.1, -0.05) is 24.3 Å². The second-order valence-electron chi connectivity index (χ2n) is 5.07. The molecular weight excluding hydrogens is 332 g/mol. The van der Waals surface area contributed by atoms with Gasteiger partial charge in [-0.2, -0.15) is 8.78 Å². The number of hydrogen-bond donors (Lipinski definition) is 1. The third-order valence-electron chi connectivity index (χ3n) is 3.29. The number of para-hydroxylation sites is 1. The molecule has 0 atom stereocenters. The van der Waals surface area contributed by atoms with Crippen molar-refractivity contribution in [2.24, 2.45) is 0 Å². The zero-order valence-corrected chi connectivity index (χ0v) is 13.3. The summed E-state index contributed by atoms with van der Waals surface area (Å²) in [6.45, 7) is -2.69. The first-order chi connectivity index (χ1) is 12.1. The molecule has 7 heteroatoms. The minimum absolute atomic E-state index is 0.0880. The monoisotopic (exact) mass is 349 g/mol. The number of alkyl halides is 2. The zero-order chi connectivity index (χ0) is 18.1. The number of rotatable bonds is 9. The van der Waals surface area contributed by atoms with Crippen LogP contribution in [0.5, 0.6) is 11.5 Å². The Labute approximate surface area is 143 Å². The van der Waals surface area contributed by atoms with Crippen molar-refractivity contribution >= 4 is 12.2 Å². The summed E-state index contributed by atoms with van der Waals surface area (Å²) in [7, 11) is 0. The summed E-state index contributed by atoms with van der Waals surface area (Å²) in [6, 6.07) is 12.8. The van der Waals surface area contributed by atoms with Gasteiger partial charge in [-0.3, -0.25) is 9.59 Å². The molecule has 5 nitrogen and oxygen atoms in total. The molecule has 0 bridgehead atoms. The molecule has 0 unspecified atom stereocenters. The van der Waals surface area contributed by atoms with Crippen LogP contribution in [0.15, 0.2) is 48.5 Å². The zero-order valence-electron chi connectivity index (χ0n) is 13.3. The Hall–Kier alpha value is -2.96. The summed E-state index contributed by atoms with van der Waals surface area (Å²) in [6.07, 6.45) is 1.19. The third kappa shape index (κ3) is 6.21. The van der Waals surface area contributed by atoms with Gasteiger partial charge in [-0.15, -0.1) is 0 Å². The van der Waals surface area contributed by atoms with Gasteiger partial charge in [0, 0.05) is 6.54 Å². The lowest BCUT2D eigenvalue weighted by Gasteiger charge is -2.09. The Balaban J connectivity index is 1.72. The van der Waals surface area contributed by atoms with Crippen LogP contribution >= 0.6 is 0 Å². The van der Waals surface area contributed by atoms with Crippen molar-refractivity contribution in [3.63, 3.8) is 0 Å². The molecule has 1 amide bonds. The van der Waals surface area contributed by atoms with Crippen LogP contribution in [-0.2, 0) is 11.2 Å². The molecule has 0 aliphatic heterocycles. The highest BCUT2D eigenvalue weighted by atomic mass is 19.3. The van der Waals surface area contributed by atoms with Gasteiger partial charge in [-0.05, 0) is 36.2 Å². The molecule has 2 aromatic carbocycles. The van der Waals surface area contributed by atoms with Crippen LogP contribution < -0.4 is 14.8 Å². The van der Waals surface area contributed by atoms with Crippen LogP contribution in [0, 0.1) is 0 Å². The van der Waals surface area contributed by atoms with E-state index in [1.165, 1.54) is 12.1 Å². The first-order valence-electron chi connectivity index (χ1n) is 7.56. The quantitative estimate of drug-likeness (QED) is 0.707. The summed E-state index contributed by atoms with van der Waals surface area (Å²) >= 11 is 0. The molecule has 0 fully saturated rings. The van der Waals surface area contributed by atoms with Gasteiger partial charge in [0.1, 0.15) is 11.5 Å². The normalized spacial score (nSPS) is 10.4. The minimum Gasteiger partial charge on any atom is -0.483 e. The average molecular weight is 349 g/mol. The molecule has 1 N–H and O–H groups in total. The molecule has 0 saturated heterocycles. The molecule has 0 spiro atoms. The first-order valence-corrected chi connectivity index (χ1v) is 7.56. The van der Waals surface area contributed by atoms with E-state index in [-0.39, 0.29) is 18.3 Å². The highest BCUT2D eigenvalue weighted by Gasteiger charge is 2.06. The van der Waals surface area contributed by atoms with E-state index in [1.807, 2.05) is 0 Å². The van der Waals surface area contributed by atoms with Crippen LogP contribution in [-0.4, -0.2) is 32.0 Å². The number of halogens is 2. The van der Waals surface area contributed by atoms with E-state index in [9.17, 15) is 18.4 Å². The highest BCUT2D eigenvalue weighted by Crippen LogP contribution is 2.16. The second-order valence-corrected chi connectivity index (χ2v) is 5.07. The number of carbonyl (C=O) groups is 2. The summed E-state index contributed by atoms with van der Waals surface area (Å²) in [5, 5.41) is 2.68. The van der Waals surface area contributed by atoms with E-state index >= 15 is 0 Å². The number of amides is 1. The predicted octanol–water partition coefficient (Wildman–Crippen LogP) is 2.84. The summed E-state index contributed by atoms with van der Waals surface area (Å²) in [4.78, 5) is 22.6. The van der Waals surface area contributed by atoms with Crippen molar-refractivity contribution in [1.82, 2.24) is 5.32 Å². The average Bonchev–Trinajstić information content (AvgIpc) is 2.61. The number of ether oxygens (including phenoxy) is 2. The van der Waals surface area contributed by atoms with E-state index in [4.69, 9.17) is 4.74 Å². The Morgan fingerprint density at radius 3 is 2.52 bits per heavy atom. The van der Waals surface area contributed by atoms with Gasteiger partial charge < -0.3 is 14.8 Å². The van der Waals surface area contributed by atoms with Crippen LogP contribution in [0.1, 0.15) is 15.9 Å². The number of carbonyl (C=O) groups excluding carboxylic acids is 2. The Bertz CT molecular complexity index is 704. The fourth-order valence-corrected chi connectivity index (χ4v) is 2.09. The van der Waals surface area contributed by atoms with Crippen molar-refractivity contribution in [2.75, 3.05) is 13.2 Å². The number of hydrogen-bond acceptors (Lipinski definition) is 4. The number of aldehydes is 1. The van der Waals surface area contributed by atoms with Crippen molar-refractivity contribution < 1.29 is 27.8 Å². The minimum atomic E-state index is -2.85. The van der Waals surface area contributed by atoms with Gasteiger partial charge in [-0.25, -0.2) is 0 Å². The Morgan fingerprint density at radius 2 is 1.84 bits per heavy atom. The molecule has 132 valence electrons. The first kappa shape index (κ1) is 18.4. The smallest absolute Gasteiger partial charge is 0.387 e. The van der Waals surface area contributed by atoms with Gasteiger partial charge in [0.2, 0.25) is 0 Å². The van der Waals surface area contributed by atoms with Crippen LogP contribution in [0.25, 0.3) is 0 Å². The molecule has 0 aromatic heterocycles. The lowest BCUT2D eigenvalue weighted by atomic mass is 10.1. The fourth-order valence-electron chi connectivity index (χ4n) is 2.09. The van der Waals surface area contributed by atoms with Crippen molar-refractivity contribution in [2.45, 2.75) is 13.0 Å². The summed E-state index contributed by atoms with van der Waals surface area (Å²) in [5.41, 5.74) is 1.25. The van der Waals surface area contributed by atoms with E-state index in [2.05, 4.69) is 10.1 Å². The van der Waals surface area contributed by atoms with E-state index in [1.54, 1.807) is 36.4 Å². The number of nitrogens with one attached hydrogen (secondary N) is 1. The maximum atomic E-state index is 12.1. The van der Waals surface area contributed by atoms with Crippen LogP contribution in [0.2, 0.25) is 0 Å². The molecule has 0 heterocycles. The van der Waals surface area contributed by atoms with Gasteiger partial charge >= 0.3 is 6.61 Å². The largest absolute Gasteiger partial charge is 0.483 e. The maximum absolute atomic E-state index is 12.1. The molecule has 0 radical (unpaired) electrons. The lowest BCUT2D eigenvalue weighted by Crippen LogP contribution is -2.30. The molecule has 0 saturated carbocycles. The van der Waals surface area contributed by atoms with Gasteiger partial charge in [0.25, 0.3) is 5.91 Å². The Morgan fingerprint density at radius 1 is 1.12 bits per heavy atom. The van der Waals surface area contributed by atoms with Crippen LogP contribution in [0.4, 0.5) is 8.78 Å². The van der Waals surface area contributed by atoms with E-state index < -0.39 is 6.61 Å². The van der Waals surface area contributed by atoms with Gasteiger partial charge in [0.05, 0.1) is 5.56 Å².